The summed E-state index contributed by atoms with van der Waals surface area (Å²) in [6, 6.07) is 10.2. The van der Waals surface area contributed by atoms with Crippen molar-refractivity contribution in [3.05, 3.63) is 60.2 Å². The fourth-order valence-corrected chi connectivity index (χ4v) is 3.56. The van der Waals surface area contributed by atoms with Crippen LogP contribution in [0.4, 0.5) is 10.1 Å². The standard InChI is InChI=1S/C21H22FN5O3/c22-15-2-4-16(5-3-15)26-7-9-27(10-8-26)21(30)19(12-28)25-20(29)14-1-6-17-18(11-14)24-13-23-17/h1-6,11,13,19,28H,7-10,12H2,(H,23,24)(H,25,29). The second-order valence-corrected chi connectivity index (χ2v) is 7.13. The van der Waals surface area contributed by atoms with E-state index in [0.717, 1.165) is 11.2 Å². The number of carbonyl (C=O) groups excluding carboxylic acids is 2. The number of carbonyl (C=O) groups is 2. The molecule has 1 atom stereocenters. The summed E-state index contributed by atoms with van der Waals surface area (Å²) in [7, 11) is 0. The zero-order valence-corrected chi connectivity index (χ0v) is 16.2. The first kappa shape index (κ1) is 19.8. The van der Waals surface area contributed by atoms with Crippen LogP contribution < -0.4 is 10.2 Å². The second kappa shape index (κ2) is 8.50. The predicted octanol–water partition coefficient (Wildman–Crippen LogP) is 1.14. The van der Waals surface area contributed by atoms with E-state index in [1.165, 1.54) is 18.5 Å². The van der Waals surface area contributed by atoms with Gasteiger partial charge >= 0.3 is 0 Å². The number of hydrogen-bond donors (Lipinski definition) is 3. The van der Waals surface area contributed by atoms with E-state index in [-0.39, 0.29) is 11.7 Å². The van der Waals surface area contributed by atoms with Gasteiger partial charge in [0, 0.05) is 37.4 Å². The molecule has 0 saturated carbocycles. The van der Waals surface area contributed by atoms with Gasteiger partial charge in [-0.25, -0.2) is 9.37 Å². The van der Waals surface area contributed by atoms with Gasteiger partial charge in [0.1, 0.15) is 11.9 Å². The van der Waals surface area contributed by atoms with Crippen LogP contribution in [0.2, 0.25) is 0 Å². The highest BCUT2D eigenvalue weighted by Gasteiger charge is 2.28. The van der Waals surface area contributed by atoms with Crippen molar-refractivity contribution in [1.29, 1.82) is 0 Å². The number of piperazine rings is 1. The Labute approximate surface area is 172 Å². The fourth-order valence-electron chi connectivity index (χ4n) is 3.56. The van der Waals surface area contributed by atoms with Crippen LogP contribution in [0.15, 0.2) is 48.8 Å². The number of aromatic nitrogens is 2. The molecule has 3 aromatic rings. The molecule has 2 heterocycles. The van der Waals surface area contributed by atoms with Crippen molar-refractivity contribution in [2.75, 3.05) is 37.7 Å². The quantitative estimate of drug-likeness (QED) is 0.585. The maximum absolute atomic E-state index is 13.1. The first-order valence-electron chi connectivity index (χ1n) is 9.69. The van der Waals surface area contributed by atoms with Crippen molar-refractivity contribution in [2.24, 2.45) is 0 Å². The number of amides is 2. The molecular weight excluding hydrogens is 389 g/mol. The Hall–Kier alpha value is -3.46. The average Bonchev–Trinajstić information content (AvgIpc) is 3.25. The molecule has 0 bridgehead atoms. The van der Waals surface area contributed by atoms with E-state index in [4.69, 9.17) is 0 Å². The first-order valence-corrected chi connectivity index (χ1v) is 9.69. The maximum Gasteiger partial charge on any atom is 0.252 e. The third kappa shape index (κ3) is 4.11. The molecule has 8 nitrogen and oxygen atoms in total. The number of aliphatic hydroxyl groups is 1. The van der Waals surface area contributed by atoms with Crippen LogP contribution in [0.25, 0.3) is 11.0 Å². The Morgan fingerprint density at radius 2 is 1.87 bits per heavy atom. The molecule has 0 radical (unpaired) electrons. The molecule has 4 rings (SSSR count). The highest BCUT2D eigenvalue weighted by Crippen LogP contribution is 2.17. The molecule has 9 heteroatoms. The van der Waals surface area contributed by atoms with Crippen molar-refractivity contribution in [2.45, 2.75) is 6.04 Å². The molecule has 30 heavy (non-hydrogen) atoms. The summed E-state index contributed by atoms with van der Waals surface area (Å²) in [4.78, 5) is 36.1. The Balaban J connectivity index is 1.36. The largest absolute Gasteiger partial charge is 0.394 e. The molecule has 2 amide bonds. The summed E-state index contributed by atoms with van der Waals surface area (Å²) in [5.41, 5.74) is 2.72. The number of nitrogens with one attached hydrogen (secondary N) is 2. The smallest absolute Gasteiger partial charge is 0.252 e. The number of rotatable bonds is 5. The van der Waals surface area contributed by atoms with E-state index in [0.29, 0.717) is 37.3 Å². The van der Waals surface area contributed by atoms with E-state index in [1.807, 2.05) is 0 Å². The number of H-pyrrole nitrogens is 1. The molecule has 1 saturated heterocycles. The first-order chi connectivity index (χ1) is 14.5. The lowest BCUT2D eigenvalue weighted by Crippen LogP contribution is -2.56. The molecule has 1 aliphatic rings. The topological polar surface area (TPSA) is 102 Å². The van der Waals surface area contributed by atoms with Gasteiger partial charge in [0.2, 0.25) is 5.91 Å². The van der Waals surface area contributed by atoms with Crippen LogP contribution >= 0.6 is 0 Å². The van der Waals surface area contributed by atoms with Crippen LogP contribution in [0.5, 0.6) is 0 Å². The van der Waals surface area contributed by atoms with E-state index >= 15 is 0 Å². The lowest BCUT2D eigenvalue weighted by atomic mass is 10.1. The van der Waals surface area contributed by atoms with Gasteiger partial charge in [-0.2, -0.15) is 0 Å². The van der Waals surface area contributed by atoms with Crippen molar-refractivity contribution in [1.82, 2.24) is 20.2 Å². The predicted molar refractivity (Wildman–Crippen MR) is 110 cm³/mol. The van der Waals surface area contributed by atoms with Crippen molar-refractivity contribution in [3.63, 3.8) is 0 Å². The minimum absolute atomic E-state index is 0.291. The third-order valence-corrected chi connectivity index (χ3v) is 5.25. The Kier molecular flexibility index (Phi) is 5.62. The van der Waals surface area contributed by atoms with Crippen molar-refractivity contribution >= 4 is 28.5 Å². The summed E-state index contributed by atoms with van der Waals surface area (Å²) in [5, 5.41) is 12.3. The number of aliphatic hydroxyl groups excluding tert-OH is 1. The highest BCUT2D eigenvalue weighted by molar-refractivity contribution is 5.99. The molecular formula is C21H22FN5O3. The van der Waals surface area contributed by atoms with Gasteiger partial charge in [-0.3, -0.25) is 9.59 Å². The monoisotopic (exact) mass is 411 g/mol. The number of anilines is 1. The molecule has 3 N–H and O–H groups in total. The summed E-state index contributed by atoms with van der Waals surface area (Å²) in [6.45, 7) is 1.57. The third-order valence-electron chi connectivity index (χ3n) is 5.25. The van der Waals surface area contributed by atoms with Crippen LogP contribution in [0.3, 0.4) is 0 Å². The zero-order chi connectivity index (χ0) is 21.1. The number of fused-ring (bicyclic) bond motifs is 1. The van der Waals surface area contributed by atoms with E-state index < -0.39 is 18.6 Å². The van der Waals surface area contributed by atoms with E-state index in [2.05, 4.69) is 20.2 Å². The van der Waals surface area contributed by atoms with Crippen molar-refractivity contribution in [3.8, 4) is 0 Å². The number of imidazole rings is 1. The lowest BCUT2D eigenvalue weighted by Gasteiger charge is -2.37. The van der Waals surface area contributed by atoms with Crippen LogP contribution in [0.1, 0.15) is 10.4 Å². The minimum atomic E-state index is -1.02. The molecule has 0 spiro atoms. The highest BCUT2D eigenvalue weighted by atomic mass is 19.1. The number of nitrogens with zero attached hydrogens (tertiary/aromatic N) is 3. The fraction of sp³-hybridized carbons (Fsp3) is 0.286. The molecule has 0 aliphatic carbocycles. The lowest BCUT2D eigenvalue weighted by molar-refractivity contribution is -0.134. The molecule has 1 fully saturated rings. The summed E-state index contributed by atoms with van der Waals surface area (Å²) in [5.74, 6) is -1.06. The number of aromatic amines is 1. The van der Waals surface area contributed by atoms with Gasteiger partial charge in [-0.1, -0.05) is 0 Å². The number of hydrogen-bond acceptors (Lipinski definition) is 5. The van der Waals surface area contributed by atoms with Gasteiger partial charge in [0.15, 0.2) is 0 Å². The van der Waals surface area contributed by atoms with Gasteiger partial charge < -0.3 is 25.2 Å². The Morgan fingerprint density at radius 1 is 1.13 bits per heavy atom. The van der Waals surface area contributed by atoms with Gasteiger partial charge in [-0.05, 0) is 42.5 Å². The van der Waals surface area contributed by atoms with Crippen LogP contribution in [-0.4, -0.2) is 70.6 Å². The van der Waals surface area contributed by atoms with E-state index in [9.17, 15) is 19.1 Å². The van der Waals surface area contributed by atoms with Gasteiger partial charge in [0.05, 0.1) is 24.0 Å². The second-order valence-electron chi connectivity index (χ2n) is 7.13. The van der Waals surface area contributed by atoms with Gasteiger partial charge in [0.25, 0.3) is 5.91 Å². The number of halogens is 1. The zero-order valence-electron chi connectivity index (χ0n) is 16.2. The van der Waals surface area contributed by atoms with Gasteiger partial charge in [-0.15, -0.1) is 0 Å². The minimum Gasteiger partial charge on any atom is -0.394 e. The summed E-state index contributed by atoms with van der Waals surface area (Å²) in [6.07, 6.45) is 1.54. The molecule has 156 valence electrons. The van der Waals surface area contributed by atoms with Crippen molar-refractivity contribution < 1.29 is 19.1 Å². The molecule has 2 aromatic carbocycles. The molecule has 1 aromatic heterocycles. The SMILES string of the molecule is O=C(NC(CO)C(=O)N1CCN(c2ccc(F)cc2)CC1)c1ccc2nc[nH]c2c1. The molecule has 1 aliphatic heterocycles. The van der Waals surface area contributed by atoms with E-state index in [1.54, 1.807) is 35.2 Å². The number of benzene rings is 2. The summed E-state index contributed by atoms with van der Waals surface area (Å²) < 4.78 is 13.1. The normalized spacial score (nSPS) is 15.3. The van der Waals surface area contributed by atoms with Crippen LogP contribution in [0, 0.1) is 5.82 Å². The summed E-state index contributed by atoms with van der Waals surface area (Å²) >= 11 is 0. The Bertz CT molecular complexity index is 1040. The van der Waals surface area contributed by atoms with Crippen LogP contribution in [-0.2, 0) is 4.79 Å². The maximum atomic E-state index is 13.1. The molecule has 1 unspecified atom stereocenters. The average molecular weight is 411 g/mol. The Morgan fingerprint density at radius 3 is 2.57 bits per heavy atom.